The Morgan fingerprint density at radius 1 is 1.26 bits per heavy atom. The molecule has 1 saturated heterocycles. The maximum atomic E-state index is 15.4. The number of halogens is 2. The number of carbonyl (C=O) groups is 2. The molecule has 1 atom stereocenters. The number of amides is 2. The van der Waals surface area contributed by atoms with Crippen molar-refractivity contribution < 1.29 is 27.8 Å². The van der Waals surface area contributed by atoms with E-state index >= 15 is 8.78 Å². The fourth-order valence-corrected chi connectivity index (χ4v) is 4.56. The summed E-state index contributed by atoms with van der Waals surface area (Å²) in [5.41, 5.74) is 2.07. The highest BCUT2D eigenvalue weighted by molar-refractivity contribution is 6.04. The third-order valence-electron chi connectivity index (χ3n) is 6.26. The van der Waals surface area contributed by atoms with Gasteiger partial charge in [-0.25, -0.2) is 18.6 Å². The first-order chi connectivity index (χ1) is 16.9. The molecular formula is C25H24F2N4O4. The number of ether oxygens (including phenoxy) is 2. The topological polar surface area (TPSA) is 76.4 Å². The van der Waals surface area contributed by atoms with Crippen molar-refractivity contribution in [3.8, 4) is 11.3 Å². The van der Waals surface area contributed by atoms with Crippen molar-refractivity contribution in [1.29, 1.82) is 0 Å². The van der Waals surface area contributed by atoms with Crippen LogP contribution in [0.2, 0.25) is 0 Å². The Bertz CT molecular complexity index is 1330. The van der Waals surface area contributed by atoms with Crippen LogP contribution in [0.1, 0.15) is 11.3 Å². The molecule has 4 heterocycles. The van der Waals surface area contributed by atoms with Crippen molar-refractivity contribution in [1.82, 2.24) is 14.3 Å². The minimum Gasteiger partial charge on any atom is -0.453 e. The van der Waals surface area contributed by atoms with E-state index in [1.54, 1.807) is 16.7 Å². The van der Waals surface area contributed by atoms with Gasteiger partial charge in [0.1, 0.15) is 17.3 Å². The van der Waals surface area contributed by atoms with Crippen LogP contribution >= 0.6 is 0 Å². The summed E-state index contributed by atoms with van der Waals surface area (Å²) in [5, 5.41) is 0. The highest BCUT2D eigenvalue weighted by atomic mass is 19.1. The maximum Gasteiger partial charge on any atom is 0.409 e. The number of hydrogen-bond acceptors (Lipinski definition) is 5. The largest absolute Gasteiger partial charge is 0.453 e. The van der Waals surface area contributed by atoms with Crippen molar-refractivity contribution in [2.75, 3.05) is 38.3 Å². The van der Waals surface area contributed by atoms with Crippen LogP contribution in [0.25, 0.3) is 16.9 Å². The normalized spacial score (nSPS) is 18.1. The summed E-state index contributed by atoms with van der Waals surface area (Å²) >= 11 is 0. The van der Waals surface area contributed by atoms with Crippen molar-refractivity contribution >= 4 is 23.3 Å². The molecule has 0 saturated carbocycles. The van der Waals surface area contributed by atoms with Gasteiger partial charge in [0, 0.05) is 31.8 Å². The average molecular weight is 482 g/mol. The highest BCUT2D eigenvalue weighted by Gasteiger charge is 2.29. The Kier molecular flexibility index (Phi) is 5.98. The van der Waals surface area contributed by atoms with Crippen molar-refractivity contribution in [3.63, 3.8) is 0 Å². The number of pyridine rings is 1. The van der Waals surface area contributed by atoms with Gasteiger partial charge in [-0.1, -0.05) is 6.08 Å². The number of benzene rings is 1. The zero-order valence-corrected chi connectivity index (χ0v) is 19.3. The van der Waals surface area contributed by atoms with Crippen LogP contribution in [0.15, 0.2) is 42.6 Å². The van der Waals surface area contributed by atoms with Gasteiger partial charge in [0.15, 0.2) is 0 Å². The van der Waals surface area contributed by atoms with Crippen molar-refractivity contribution in [2.45, 2.75) is 19.4 Å². The summed E-state index contributed by atoms with van der Waals surface area (Å²) in [4.78, 5) is 31.4. The van der Waals surface area contributed by atoms with Crippen LogP contribution in [0.5, 0.6) is 0 Å². The van der Waals surface area contributed by atoms with Crippen LogP contribution < -0.4 is 4.90 Å². The molecule has 3 aromatic rings. The number of anilines is 1. The van der Waals surface area contributed by atoms with Crippen LogP contribution in [0.3, 0.4) is 0 Å². The summed E-state index contributed by atoms with van der Waals surface area (Å²) in [6.45, 7) is 3.16. The van der Waals surface area contributed by atoms with E-state index < -0.39 is 23.8 Å². The summed E-state index contributed by atoms with van der Waals surface area (Å²) in [6, 6.07) is 6.01. The third-order valence-corrected chi connectivity index (χ3v) is 6.26. The highest BCUT2D eigenvalue weighted by Crippen LogP contribution is 2.34. The molecule has 0 aliphatic carbocycles. The molecule has 0 unspecified atom stereocenters. The minimum absolute atomic E-state index is 0.143. The zero-order valence-electron chi connectivity index (χ0n) is 19.3. The standard InChI is InChI=1S/C25H24F2N4O4/c1-15-5-7-31-20(13-17-14-29(8-9-35-17)25(33)34-2)24(28-21(31)10-15)23-18(26)11-16(12-19(23)27)30-6-3-4-22(30)32/h3-5,7,10-12,17H,6,8-9,13-14H2,1-2H3/t17-/m0/s1. The average Bonchev–Trinajstić information content (AvgIpc) is 3.41. The molecule has 0 N–H and O–H groups in total. The van der Waals surface area contributed by atoms with Gasteiger partial charge in [-0.3, -0.25) is 4.79 Å². The molecule has 0 spiro atoms. The fourth-order valence-electron chi connectivity index (χ4n) is 4.56. The second-order valence-corrected chi connectivity index (χ2v) is 8.59. The van der Waals surface area contributed by atoms with Crippen LogP contribution in [-0.2, 0) is 20.7 Å². The van der Waals surface area contributed by atoms with E-state index in [0.29, 0.717) is 24.5 Å². The first-order valence-corrected chi connectivity index (χ1v) is 11.2. The number of carbonyl (C=O) groups excluding carboxylic acids is 2. The molecule has 1 aromatic carbocycles. The predicted molar refractivity (Wildman–Crippen MR) is 124 cm³/mol. The van der Waals surface area contributed by atoms with E-state index in [2.05, 4.69) is 4.98 Å². The lowest BCUT2D eigenvalue weighted by atomic mass is 10.0. The monoisotopic (exact) mass is 482 g/mol. The van der Waals surface area contributed by atoms with E-state index in [0.717, 1.165) is 17.7 Å². The Balaban J connectivity index is 1.56. The van der Waals surface area contributed by atoms with Crippen LogP contribution in [-0.4, -0.2) is 65.7 Å². The number of hydrogen-bond donors (Lipinski definition) is 0. The van der Waals surface area contributed by atoms with E-state index in [9.17, 15) is 9.59 Å². The molecule has 35 heavy (non-hydrogen) atoms. The summed E-state index contributed by atoms with van der Waals surface area (Å²) in [6.07, 6.45) is 4.20. The van der Waals surface area contributed by atoms with Gasteiger partial charge in [0.2, 0.25) is 0 Å². The van der Waals surface area contributed by atoms with E-state index in [1.165, 1.54) is 23.0 Å². The lowest BCUT2D eigenvalue weighted by Crippen LogP contribution is -2.46. The first-order valence-electron chi connectivity index (χ1n) is 11.2. The molecular weight excluding hydrogens is 458 g/mol. The molecule has 2 amide bonds. The molecule has 0 radical (unpaired) electrons. The number of imidazole rings is 1. The Morgan fingerprint density at radius 2 is 2.03 bits per heavy atom. The molecule has 0 bridgehead atoms. The molecule has 2 aliphatic heterocycles. The predicted octanol–water partition coefficient (Wildman–Crippen LogP) is 3.50. The van der Waals surface area contributed by atoms with E-state index in [-0.39, 0.29) is 42.4 Å². The van der Waals surface area contributed by atoms with Gasteiger partial charge in [-0.15, -0.1) is 0 Å². The molecule has 10 heteroatoms. The summed E-state index contributed by atoms with van der Waals surface area (Å²) in [7, 11) is 1.32. The minimum atomic E-state index is -0.818. The van der Waals surface area contributed by atoms with E-state index in [1.807, 2.05) is 19.1 Å². The summed E-state index contributed by atoms with van der Waals surface area (Å²) < 4.78 is 43.3. The molecule has 2 aliphatic rings. The number of methoxy groups -OCH3 is 1. The third kappa shape index (κ3) is 4.25. The molecule has 2 aromatic heterocycles. The van der Waals surface area contributed by atoms with Gasteiger partial charge in [0.05, 0.1) is 49.0 Å². The molecule has 8 nitrogen and oxygen atoms in total. The van der Waals surface area contributed by atoms with Gasteiger partial charge in [-0.05, 0) is 36.8 Å². The number of fused-ring (bicyclic) bond motifs is 1. The van der Waals surface area contributed by atoms with E-state index in [4.69, 9.17) is 9.47 Å². The van der Waals surface area contributed by atoms with Gasteiger partial charge < -0.3 is 23.7 Å². The van der Waals surface area contributed by atoms with Crippen LogP contribution in [0, 0.1) is 18.6 Å². The lowest BCUT2D eigenvalue weighted by molar-refractivity contribution is -0.113. The SMILES string of the molecule is COC(=O)N1CCO[C@@H](Cc2c(-c3c(F)cc(N4CC=CC4=O)cc3F)nc3cc(C)ccn23)C1. The first kappa shape index (κ1) is 23.0. The number of morpholine rings is 1. The Hall–Kier alpha value is -3.79. The Labute approximate surface area is 200 Å². The molecule has 1 fully saturated rings. The fraction of sp³-hybridized carbons (Fsp3) is 0.320. The van der Waals surface area contributed by atoms with Crippen molar-refractivity contribution in [3.05, 3.63) is 65.5 Å². The number of rotatable bonds is 4. The van der Waals surface area contributed by atoms with Gasteiger partial charge in [0.25, 0.3) is 5.91 Å². The second kappa shape index (κ2) is 9.10. The maximum absolute atomic E-state index is 15.4. The van der Waals surface area contributed by atoms with Gasteiger partial charge >= 0.3 is 6.09 Å². The number of aromatic nitrogens is 2. The second-order valence-electron chi connectivity index (χ2n) is 8.59. The Morgan fingerprint density at radius 3 is 2.71 bits per heavy atom. The van der Waals surface area contributed by atoms with Crippen LogP contribution in [0.4, 0.5) is 19.3 Å². The zero-order chi connectivity index (χ0) is 24.7. The van der Waals surface area contributed by atoms with Gasteiger partial charge in [-0.2, -0.15) is 0 Å². The molecule has 5 rings (SSSR count). The number of nitrogens with zero attached hydrogens (tertiary/aromatic N) is 4. The molecule has 182 valence electrons. The summed E-state index contributed by atoms with van der Waals surface area (Å²) in [5.74, 6) is -1.96. The number of aryl methyl sites for hydroxylation is 1. The van der Waals surface area contributed by atoms with Crippen molar-refractivity contribution in [2.24, 2.45) is 0 Å². The smallest absolute Gasteiger partial charge is 0.409 e. The quantitative estimate of drug-likeness (QED) is 0.569. The lowest BCUT2D eigenvalue weighted by Gasteiger charge is -2.32.